The number of amides is 3. The minimum absolute atomic E-state index is 0.212. The van der Waals surface area contributed by atoms with E-state index in [9.17, 15) is 19.2 Å². The van der Waals surface area contributed by atoms with Crippen molar-refractivity contribution in [2.75, 3.05) is 23.1 Å². The molecule has 0 aliphatic heterocycles. The van der Waals surface area contributed by atoms with Crippen LogP contribution >= 0.6 is 0 Å². The highest BCUT2D eigenvalue weighted by Gasteiger charge is 2.16. The fraction of sp³-hybridized carbons (Fsp3) is 0.158. The fourth-order valence-corrected chi connectivity index (χ4v) is 2.25. The summed E-state index contributed by atoms with van der Waals surface area (Å²) in [5.41, 5.74) is 2.23. The molecule has 8 heteroatoms. The molecule has 2 rings (SSSR count). The fourth-order valence-electron chi connectivity index (χ4n) is 2.25. The normalized spacial score (nSPS) is 9.89. The lowest BCUT2D eigenvalue weighted by molar-refractivity contribution is -0.132. The second kappa shape index (κ2) is 8.61. The first-order valence-corrected chi connectivity index (χ1v) is 7.99. The highest BCUT2D eigenvalue weighted by atomic mass is 16.5. The van der Waals surface area contributed by atoms with Gasteiger partial charge in [-0.25, -0.2) is 4.79 Å². The van der Waals surface area contributed by atoms with E-state index in [4.69, 9.17) is 0 Å². The zero-order valence-electron chi connectivity index (χ0n) is 15.1. The first-order valence-electron chi connectivity index (χ1n) is 7.99. The molecule has 27 heavy (non-hydrogen) atoms. The van der Waals surface area contributed by atoms with Crippen LogP contribution in [0.4, 0.5) is 17.1 Å². The van der Waals surface area contributed by atoms with Crippen molar-refractivity contribution in [3.63, 3.8) is 0 Å². The summed E-state index contributed by atoms with van der Waals surface area (Å²) in [5, 5.41) is 7.47. The van der Waals surface area contributed by atoms with Gasteiger partial charge in [-0.1, -0.05) is 6.07 Å². The van der Waals surface area contributed by atoms with Crippen molar-refractivity contribution in [3.8, 4) is 0 Å². The summed E-state index contributed by atoms with van der Waals surface area (Å²) < 4.78 is 4.68. The van der Waals surface area contributed by atoms with Gasteiger partial charge in [-0.15, -0.1) is 0 Å². The lowest BCUT2D eigenvalue weighted by Gasteiger charge is -2.10. The largest absolute Gasteiger partial charge is 0.465 e. The van der Waals surface area contributed by atoms with Crippen molar-refractivity contribution in [2.45, 2.75) is 13.8 Å². The predicted octanol–water partition coefficient (Wildman–Crippen LogP) is 2.32. The molecule has 0 radical (unpaired) electrons. The molecule has 8 nitrogen and oxygen atoms in total. The number of aryl methyl sites for hydroxylation is 1. The van der Waals surface area contributed by atoms with Crippen LogP contribution in [0.15, 0.2) is 42.5 Å². The van der Waals surface area contributed by atoms with Gasteiger partial charge in [0.05, 0.1) is 12.7 Å². The molecular weight excluding hydrogens is 350 g/mol. The maximum absolute atomic E-state index is 12.1. The van der Waals surface area contributed by atoms with Gasteiger partial charge in [-0.2, -0.15) is 0 Å². The van der Waals surface area contributed by atoms with Crippen molar-refractivity contribution in [1.82, 2.24) is 0 Å². The van der Waals surface area contributed by atoms with E-state index in [2.05, 4.69) is 20.7 Å². The number of methoxy groups -OCH3 is 1. The summed E-state index contributed by atoms with van der Waals surface area (Å²) in [6, 6.07) is 11.0. The second-order valence-corrected chi connectivity index (χ2v) is 5.69. The van der Waals surface area contributed by atoms with E-state index in [0.717, 1.165) is 0 Å². The van der Waals surface area contributed by atoms with Crippen molar-refractivity contribution >= 4 is 40.8 Å². The molecule has 140 valence electrons. The predicted molar refractivity (Wildman–Crippen MR) is 101 cm³/mol. The van der Waals surface area contributed by atoms with Gasteiger partial charge < -0.3 is 20.7 Å². The van der Waals surface area contributed by atoms with E-state index >= 15 is 0 Å². The number of hydrogen-bond donors (Lipinski definition) is 3. The molecule has 0 spiro atoms. The van der Waals surface area contributed by atoms with Gasteiger partial charge in [0.25, 0.3) is 0 Å². The standard InChI is InChI=1S/C19H19N3O5/c1-11-4-5-15(10-16(11)19(26)27-3)22-18(25)17(24)21-14-8-6-13(7-9-14)20-12(2)23/h4-10H,1-3H3,(H,20,23)(H,21,24)(H,22,25). The summed E-state index contributed by atoms with van der Waals surface area (Å²) in [6.07, 6.45) is 0. The molecular formula is C19H19N3O5. The Morgan fingerprint density at radius 2 is 1.26 bits per heavy atom. The second-order valence-electron chi connectivity index (χ2n) is 5.69. The van der Waals surface area contributed by atoms with Crippen molar-refractivity contribution < 1.29 is 23.9 Å². The number of carbonyl (C=O) groups is 4. The number of ether oxygens (including phenoxy) is 1. The summed E-state index contributed by atoms with van der Waals surface area (Å²) in [6.45, 7) is 3.12. The Hall–Kier alpha value is -3.68. The first-order chi connectivity index (χ1) is 12.8. The number of hydrogen-bond acceptors (Lipinski definition) is 5. The molecule has 0 heterocycles. The Morgan fingerprint density at radius 1 is 0.778 bits per heavy atom. The van der Waals surface area contributed by atoms with E-state index < -0.39 is 17.8 Å². The molecule has 3 N–H and O–H groups in total. The summed E-state index contributed by atoms with van der Waals surface area (Å²) in [4.78, 5) is 46.8. The van der Waals surface area contributed by atoms with E-state index in [0.29, 0.717) is 28.2 Å². The van der Waals surface area contributed by atoms with Gasteiger partial charge >= 0.3 is 17.8 Å². The first kappa shape index (κ1) is 19.6. The van der Waals surface area contributed by atoms with Crippen molar-refractivity contribution in [1.29, 1.82) is 0 Å². The van der Waals surface area contributed by atoms with Crippen LogP contribution in [-0.4, -0.2) is 30.8 Å². The van der Waals surface area contributed by atoms with Crippen LogP contribution in [0, 0.1) is 6.92 Å². The lowest BCUT2D eigenvalue weighted by Crippen LogP contribution is -2.29. The Balaban J connectivity index is 2.02. The van der Waals surface area contributed by atoms with Crippen LogP contribution in [0.3, 0.4) is 0 Å². The molecule has 0 atom stereocenters. The summed E-state index contributed by atoms with van der Waals surface area (Å²) in [7, 11) is 1.26. The van der Waals surface area contributed by atoms with Crippen LogP contribution in [0.5, 0.6) is 0 Å². The van der Waals surface area contributed by atoms with Gasteiger partial charge in [-0.3, -0.25) is 14.4 Å². The molecule has 0 aromatic heterocycles. The Morgan fingerprint density at radius 3 is 1.78 bits per heavy atom. The molecule has 0 bridgehead atoms. The molecule has 0 aliphatic carbocycles. The van der Waals surface area contributed by atoms with Crippen LogP contribution in [0.2, 0.25) is 0 Å². The molecule has 3 amide bonds. The van der Waals surface area contributed by atoms with E-state index in [1.165, 1.54) is 20.1 Å². The van der Waals surface area contributed by atoms with E-state index in [1.54, 1.807) is 43.3 Å². The molecule has 2 aromatic rings. The number of benzene rings is 2. The minimum Gasteiger partial charge on any atom is -0.465 e. The number of esters is 1. The highest BCUT2D eigenvalue weighted by molar-refractivity contribution is 6.43. The SMILES string of the molecule is COC(=O)c1cc(NC(=O)C(=O)Nc2ccc(NC(C)=O)cc2)ccc1C. The molecule has 0 unspecified atom stereocenters. The molecule has 2 aromatic carbocycles. The topological polar surface area (TPSA) is 114 Å². The number of carbonyl (C=O) groups excluding carboxylic acids is 4. The number of nitrogens with one attached hydrogen (secondary N) is 3. The van der Waals surface area contributed by atoms with Gasteiger partial charge in [0.2, 0.25) is 5.91 Å². The zero-order chi connectivity index (χ0) is 20.0. The average Bonchev–Trinajstić information content (AvgIpc) is 2.63. The Kier molecular flexibility index (Phi) is 6.27. The molecule has 0 fully saturated rings. The zero-order valence-corrected chi connectivity index (χ0v) is 15.1. The third-order valence-corrected chi connectivity index (χ3v) is 3.57. The third kappa shape index (κ3) is 5.40. The number of rotatable bonds is 4. The van der Waals surface area contributed by atoms with Gasteiger partial charge in [0, 0.05) is 24.0 Å². The maximum atomic E-state index is 12.1. The third-order valence-electron chi connectivity index (χ3n) is 3.57. The van der Waals surface area contributed by atoms with Crippen LogP contribution < -0.4 is 16.0 Å². The van der Waals surface area contributed by atoms with E-state index in [1.807, 2.05) is 0 Å². The van der Waals surface area contributed by atoms with Crippen LogP contribution in [0.25, 0.3) is 0 Å². The lowest BCUT2D eigenvalue weighted by atomic mass is 10.1. The maximum Gasteiger partial charge on any atom is 0.338 e. The summed E-state index contributed by atoms with van der Waals surface area (Å²) in [5.74, 6) is -2.51. The van der Waals surface area contributed by atoms with Crippen molar-refractivity contribution in [3.05, 3.63) is 53.6 Å². The Labute approximate surface area is 155 Å². The molecule has 0 aliphatic rings. The van der Waals surface area contributed by atoms with Gasteiger partial charge in [-0.05, 0) is 48.9 Å². The average molecular weight is 369 g/mol. The Bertz CT molecular complexity index is 891. The number of anilines is 3. The quantitative estimate of drug-likeness (QED) is 0.565. The van der Waals surface area contributed by atoms with Crippen LogP contribution in [0.1, 0.15) is 22.8 Å². The molecule has 0 saturated heterocycles. The van der Waals surface area contributed by atoms with Gasteiger partial charge in [0.15, 0.2) is 0 Å². The van der Waals surface area contributed by atoms with Gasteiger partial charge in [0.1, 0.15) is 0 Å². The highest BCUT2D eigenvalue weighted by Crippen LogP contribution is 2.17. The minimum atomic E-state index is -0.888. The monoisotopic (exact) mass is 369 g/mol. The molecule has 0 saturated carbocycles. The summed E-state index contributed by atoms with van der Waals surface area (Å²) >= 11 is 0. The van der Waals surface area contributed by atoms with Crippen LogP contribution in [-0.2, 0) is 19.1 Å². The van der Waals surface area contributed by atoms with E-state index in [-0.39, 0.29) is 5.91 Å². The smallest absolute Gasteiger partial charge is 0.338 e. The van der Waals surface area contributed by atoms with Crippen molar-refractivity contribution in [2.24, 2.45) is 0 Å².